The highest BCUT2D eigenvalue weighted by atomic mass is 16.5. The van der Waals surface area contributed by atoms with Crippen LogP contribution in [0.4, 0.5) is 5.69 Å². The summed E-state index contributed by atoms with van der Waals surface area (Å²) in [5.41, 5.74) is 1.88. The molecule has 2 amide bonds. The Morgan fingerprint density at radius 3 is 2.58 bits per heavy atom. The number of aromatic nitrogens is 1. The zero-order valence-electron chi connectivity index (χ0n) is 14.1. The van der Waals surface area contributed by atoms with Crippen LogP contribution in [-0.4, -0.2) is 41.9 Å². The lowest BCUT2D eigenvalue weighted by Gasteiger charge is -2.20. The molecule has 0 bridgehead atoms. The number of aryl methyl sites for hydroxylation is 1. The second-order valence-electron chi connectivity index (χ2n) is 5.26. The molecule has 24 heavy (non-hydrogen) atoms. The van der Waals surface area contributed by atoms with E-state index in [1.165, 1.54) is 18.2 Å². The van der Waals surface area contributed by atoms with E-state index in [9.17, 15) is 9.59 Å². The lowest BCUT2D eigenvalue weighted by molar-refractivity contribution is -0.116. The molecule has 1 aromatic heterocycles. The highest BCUT2D eigenvalue weighted by molar-refractivity contribution is 5.99. The Bertz CT molecular complexity index is 714. The molecule has 0 spiro atoms. The largest absolute Gasteiger partial charge is 0.495 e. The average Bonchev–Trinajstić information content (AvgIpc) is 2.60. The molecule has 1 N–H and O–H groups in total. The molecule has 0 radical (unpaired) electrons. The van der Waals surface area contributed by atoms with Crippen molar-refractivity contribution in [3.8, 4) is 5.75 Å². The Morgan fingerprint density at radius 1 is 1.21 bits per heavy atom. The van der Waals surface area contributed by atoms with E-state index in [2.05, 4.69) is 10.3 Å². The Balaban J connectivity index is 2.05. The molecular formula is C18H21N3O3. The van der Waals surface area contributed by atoms with Gasteiger partial charge in [-0.15, -0.1) is 0 Å². The summed E-state index contributed by atoms with van der Waals surface area (Å²) in [6.07, 6.45) is 1.53. The first-order chi connectivity index (χ1) is 11.5. The van der Waals surface area contributed by atoms with Gasteiger partial charge in [-0.05, 0) is 38.1 Å². The first-order valence-electron chi connectivity index (χ1n) is 7.70. The lowest BCUT2D eigenvalue weighted by atomic mass is 10.2. The molecule has 0 fully saturated rings. The third kappa shape index (κ3) is 4.32. The van der Waals surface area contributed by atoms with Gasteiger partial charge in [-0.2, -0.15) is 0 Å². The number of pyridine rings is 1. The third-order valence-corrected chi connectivity index (χ3v) is 3.54. The molecule has 0 saturated heterocycles. The van der Waals surface area contributed by atoms with E-state index in [0.717, 1.165) is 5.69 Å². The topological polar surface area (TPSA) is 71.5 Å². The second kappa shape index (κ2) is 8.10. The van der Waals surface area contributed by atoms with Crippen molar-refractivity contribution in [2.75, 3.05) is 25.5 Å². The monoisotopic (exact) mass is 327 g/mol. The standard InChI is InChI=1S/C18H21N3O3/c1-4-21(18(23)14-10-9-13(2)19-11-14)12-17(22)20-15-7-5-6-8-16(15)24-3/h5-11H,4,12H2,1-3H3,(H,20,22). The molecule has 1 aromatic carbocycles. The Kier molecular flexibility index (Phi) is 5.89. The highest BCUT2D eigenvalue weighted by Crippen LogP contribution is 2.22. The smallest absolute Gasteiger partial charge is 0.255 e. The average molecular weight is 327 g/mol. The Labute approximate surface area is 141 Å². The molecule has 0 aliphatic carbocycles. The van der Waals surface area contributed by atoms with Crippen molar-refractivity contribution in [1.29, 1.82) is 0 Å². The van der Waals surface area contributed by atoms with Crippen LogP contribution in [0, 0.1) is 6.92 Å². The number of carbonyl (C=O) groups is 2. The number of rotatable bonds is 6. The fourth-order valence-corrected chi connectivity index (χ4v) is 2.22. The van der Waals surface area contributed by atoms with Gasteiger partial charge in [0.15, 0.2) is 0 Å². The van der Waals surface area contributed by atoms with E-state index >= 15 is 0 Å². The summed E-state index contributed by atoms with van der Waals surface area (Å²) in [4.78, 5) is 30.3. The Hall–Kier alpha value is -2.89. The first kappa shape index (κ1) is 17.5. The summed E-state index contributed by atoms with van der Waals surface area (Å²) in [7, 11) is 1.54. The van der Waals surface area contributed by atoms with Crippen LogP contribution in [0.3, 0.4) is 0 Å². The molecule has 0 unspecified atom stereocenters. The summed E-state index contributed by atoms with van der Waals surface area (Å²) < 4.78 is 5.20. The van der Waals surface area contributed by atoms with Crippen molar-refractivity contribution in [1.82, 2.24) is 9.88 Å². The minimum Gasteiger partial charge on any atom is -0.495 e. The molecule has 6 heteroatoms. The minimum absolute atomic E-state index is 0.0404. The van der Waals surface area contributed by atoms with Gasteiger partial charge < -0.3 is 15.0 Å². The van der Waals surface area contributed by atoms with E-state index in [0.29, 0.717) is 23.5 Å². The summed E-state index contributed by atoms with van der Waals surface area (Å²) in [5, 5.41) is 2.77. The van der Waals surface area contributed by atoms with Gasteiger partial charge in [0.1, 0.15) is 12.3 Å². The third-order valence-electron chi connectivity index (χ3n) is 3.54. The van der Waals surface area contributed by atoms with Crippen LogP contribution >= 0.6 is 0 Å². The van der Waals surface area contributed by atoms with E-state index in [1.807, 2.05) is 19.9 Å². The van der Waals surface area contributed by atoms with Gasteiger partial charge in [-0.25, -0.2) is 0 Å². The van der Waals surface area contributed by atoms with Gasteiger partial charge in [0.05, 0.1) is 18.4 Å². The van der Waals surface area contributed by atoms with Gasteiger partial charge in [-0.1, -0.05) is 12.1 Å². The van der Waals surface area contributed by atoms with Crippen LogP contribution in [0.2, 0.25) is 0 Å². The number of benzene rings is 1. The summed E-state index contributed by atoms with van der Waals surface area (Å²) >= 11 is 0. The van der Waals surface area contributed by atoms with Crippen LogP contribution in [0.25, 0.3) is 0 Å². The predicted molar refractivity (Wildman–Crippen MR) is 92.2 cm³/mol. The van der Waals surface area contributed by atoms with Gasteiger partial charge >= 0.3 is 0 Å². The summed E-state index contributed by atoms with van der Waals surface area (Å²) in [6.45, 7) is 4.07. The van der Waals surface area contributed by atoms with Crippen LogP contribution in [-0.2, 0) is 4.79 Å². The van der Waals surface area contributed by atoms with Crippen molar-refractivity contribution < 1.29 is 14.3 Å². The highest BCUT2D eigenvalue weighted by Gasteiger charge is 2.18. The number of amides is 2. The summed E-state index contributed by atoms with van der Waals surface area (Å²) in [5.74, 6) is 0.0675. The second-order valence-corrected chi connectivity index (χ2v) is 5.26. The zero-order chi connectivity index (χ0) is 17.5. The van der Waals surface area contributed by atoms with Crippen LogP contribution in [0.5, 0.6) is 5.75 Å². The lowest BCUT2D eigenvalue weighted by Crippen LogP contribution is -2.38. The molecule has 1 heterocycles. The van der Waals surface area contributed by atoms with E-state index in [1.54, 1.807) is 30.3 Å². The van der Waals surface area contributed by atoms with Crippen molar-refractivity contribution in [3.63, 3.8) is 0 Å². The molecule has 126 valence electrons. The van der Waals surface area contributed by atoms with Gasteiger partial charge in [0.25, 0.3) is 5.91 Å². The SMILES string of the molecule is CCN(CC(=O)Nc1ccccc1OC)C(=O)c1ccc(C)nc1. The normalized spacial score (nSPS) is 10.1. The number of ether oxygens (including phenoxy) is 1. The number of anilines is 1. The molecule has 6 nitrogen and oxygen atoms in total. The first-order valence-corrected chi connectivity index (χ1v) is 7.70. The van der Waals surface area contributed by atoms with Crippen LogP contribution in [0.15, 0.2) is 42.6 Å². The van der Waals surface area contributed by atoms with Gasteiger partial charge in [-0.3, -0.25) is 14.6 Å². The number of methoxy groups -OCH3 is 1. The van der Waals surface area contributed by atoms with E-state index < -0.39 is 0 Å². The number of carbonyl (C=O) groups excluding carboxylic acids is 2. The maximum absolute atomic E-state index is 12.5. The van der Waals surface area contributed by atoms with Crippen molar-refractivity contribution in [2.24, 2.45) is 0 Å². The van der Waals surface area contributed by atoms with E-state index in [4.69, 9.17) is 4.74 Å². The number of likely N-dealkylation sites (N-methyl/N-ethyl adjacent to an activating group) is 1. The van der Waals surface area contributed by atoms with Crippen molar-refractivity contribution >= 4 is 17.5 Å². The number of nitrogens with zero attached hydrogens (tertiary/aromatic N) is 2. The van der Waals surface area contributed by atoms with E-state index in [-0.39, 0.29) is 18.4 Å². The number of nitrogens with one attached hydrogen (secondary N) is 1. The van der Waals surface area contributed by atoms with Gasteiger partial charge in [0.2, 0.25) is 5.91 Å². The van der Waals surface area contributed by atoms with Gasteiger partial charge in [0, 0.05) is 18.4 Å². The predicted octanol–water partition coefficient (Wildman–Crippen LogP) is 2.50. The maximum atomic E-state index is 12.5. The molecular weight excluding hydrogens is 306 g/mol. The molecule has 0 aliphatic rings. The maximum Gasteiger partial charge on any atom is 0.255 e. The molecule has 0 atom stereocenters. The molecule has 0 saturated carbocycles. The fraction of sp³-hybridized carbons (Fsp3) is 0.278. The Morgan fingerprint density at radius 2 is 1.96 bits per heavy atom. The molecule has 2 rings (SSSR count). The quantitative estimate of drug-likeness (QED) is 0.885. The minimum atomic E-state index is -0.283. The molecule has 2 aromatic rings. The molecule has 0 aliphatic heterocycles. The number of hydrogen-bond donors (Lipinski definition) is 1. The number of para-hydroxylation sites is 2. The number of hydrogen-bond acceptors (Lipinski definition) is 4. The van der Waals surface area contributed by atoms with Crippen molar-refractivity contribution in [3.05, 3.63) is 53.9 Å². The summed E-state index contributed by atoms with van der Waals surface area (Å²) in [6, 6.07) is 10.6. The zero-order valence-corrected chi connectivity index (χ0v) is 14.1. The fourth-order valence-electron chi connectivity index (χ4n) is 2.22. The van der Waals surface area contributed by atoms with Crippen LogP contribution in [0.1, 0.15) is 23.0 Å². The van der Waals surface area contributed by atoms with Crippen LogP contribution < -0.4 is 10.1 Å². The van der Waals surface area contributed by atoms with Crippen molar-refractivity contribution in [2.45, 2.75) is 13.8 Å².